The number of hydrogen-bond acceptors (Lipinski definition) is 5. The molecule has 8 heteroatoms. The van der Waals surface area contributed by atoms with Gasteiger partial charge in [-0.2, -0.15) is 4.31 Å². The summed E-state index contributed by atoms with van der Waals surface area (Å²) in [5.74, 6) is 0.352. The summed E-state index contributed by atoms with van der Waals surface area (Å²) < 4.78 is 39.3. The van der Waals surface area contributed by atoms with E-state index in [9.17, 15) is 13.2 Å². The van der Waals surface area contributed by atoms with Gasteiger partial charge in [0, 0.05) is 18.3 Å². The molecular formula is C25H26N2O5S. The van der Waals surface area contributed by atoms with E-state index < -0.39 is 16.1 Å². The predicted octanol–water partition coefficient (Wildman–Crippen LogP) is 3.77. The van der Waals surface area contributed by atoms with Gasteiger partial charge in [-0.05, 0) is 54.3 Å². The minimum absolute atomic E-state index is 0.0351. The van der Waals surface area contributed by atoms with Crippen molar-refractivity contribution in [2.45, 2.75) is 30.8 Å². The summed E-state index contributed by atoms with van der Waals surface area (Å²) in [6.45, 7) is 2.03. The quantitative estimate of drug-likeness (QED) is 0.598. The third-order valence-electron chi connectivity index (χ3n) is 5.76. The number of methoxy groups -OCH3 is 2. The number of carbonyl (C=O) groups is 1. The summed E-state index contributed by atoms with van der Waals surface area (Å²) in [6.07, 6.45) is 0.278. The number of benzene rings is 3. The second kappa shape index (κ2) is 9.25. The van der Waals surface area contributed by atoms with Crippen LogP contribution in [0, 0.1) is 6.92 Å². The summed E-state index contributed by atoms with van der Waals surface area (Å²) in [5.41, 5.74) is 3.46. The molecule has 0 saturated heterocycles. The van der Waals surface area contributed by atoms with Gasteiger partial charge in [0.05, 0.1) is 19.1 Å². The van der Waals surface area contributed by atoms with Crippen molar-refractivity contribution in [1.29, 1.82) is 0 Å². The Hall–Kier alpha value is -3.36. The average molecular weight is 467 g/mol. The average Bonchev–Trinajstić information content (AvgIpc) is 2.82. The van der Waals surface area contributed by atoms with Crippen LogP contribution in [0.25, 0.3) is 0 Å². The molecule has 172 valence electrons. The maximum Gasteiger partial charge on any atom is 0.244 e. The van der Waals surface area contributed by atoms with Crippen molar-refractivity contribution in [2.75, 3.05) is 19.5 Å². The number of nitrogens with zero attached hydrogens (tertiary/aromatic N) is 1. The first-order valence-corrected chi connectivity index (χ1v) is 12.0. The molecule has 1 N–H and O–H groups in total. The van der Waals surface area contributed by atoms with E-state index in [1.54, 1.807) is 12.1 Å². The molecule has 0 aliphatic carbocycles. The van der Waals surface area contributed by atoms with Gasteiger partial charge >= 0.3 is 0 Å². The Balaban J connectivity index is 1.73. The van der Waals surface area contributed by atoms with Crippen molar-refractivity contribution >= 4 is 21.6 Å². The van der Waals surface area contributed by atoms with Crippen molar-refractivity contribution in [3.8, 4) is 11.5 Å². The topological polar surface area (TPSA) is 84.9 Å². The number of ether oxygens (including phenoxy) is 2. The molecule has 0 bridgehead atoms. The fourth-order valence-corrected chi connectivity index (χ4v) is 5.62. The zero-order valence-electron chi connectivity index (χ0n) is 18.7. The van der Waals surface area contributed by atoms with Gasteiger partial charge in [-0.25, -0.2) is 8.42 Å². The summed E-state index contributed by atoms with van der Waals surface area (Å²) in [7, 11) is -1.09. The number of nitrogens with one attached hydrogen (secondary N) is 1. The predicted molar refractivity (Wildman–Crippen MR) is 126 cm³/mol. The smallest absolute Gasteiger partial charge is 0.244 e. The van der Waals surface area contributed by atoms with Crippen molar-refractivity contribution in [3.05, 3.63) is 83.4 Å². The molecule has 1 amide bonds. The molecule has 0 saturated carbocycles. The van der Waals surface area contributed by atoms with Gasteiger partial charge in [0.15, 0.2) is 11.5 Å². The van der Waals surface area contributed by atoms with Gasteiger partial charge in [-0.1, -0.05) is 36.4 Å². The van der Waals surface area contributed by atoms with Crippen LogP contribution in [0.15, 0.2) is 71.6 Å². The van der Waals surface area contributed by atoms with Gasteiger partial charge in [0.2, 0.25) is 15.9 Å². The van der Waals surface area contributed by atoms with Crippen molar-refractivity contribution in [1.82, 2.24) is 4.31 Å². The highest BCUT2D eigenvalue weighted by atomic mass is 32.2. The SMILES string of the molecule is COc1ccc(S(=O)(=O)N2Cc3ccccc3C[C@H]2C(=O)Nc2cccc(C)c2)cc1OC. The largest absolute Gasteiger partial charge is 0.493 e. The van der Waals surface area contributed by atoms with E-state index in [-0.39, 0.29) is 23.8 Å². The van der Waals surface area contributed by atoms with E-state index >= 15 is 0 Å². The van der Waals surface area contributed by atoms with Crippen molar-refractivity contribution in [2.24, 2.45) is 0 Å². The number of carbonyl (C=O) groups excluding carboxylic acids is 1. The molecule has 4 rings (SSSR count). The molecular weight excluding hydrogens is 440 g/mol. The minimum Gasteiger partial charge on any atom is -0.493 e. The van der Waals surface area contributed by atoms with Gasteiger partial charge in [-0.15, -0.1) is 0 Å². The Morgan fingerprint density at radius 2 is 1.67 bits per heavy atom. The molecule has 0 aromatic heterocycles. The lowest BCUT2D eigenvalue weighted by Crippen LogP contribution is -2.50. The van der Waals surface area contributed by atoms with Crippen LogP contribution in [0.5, 0.6) is 11.5 Å². The highest BCUT2D eigenvalue weighted by molar-refractivity contribution is 7.89. The molecule has 0 unspecified atom stereocenters. The van der Waals surface area contributed by atoms with Crippen LogP contribution in [0.2, 0.25) is 0 Å². The normalized spacial score (nSPS) is 16.0. The van der Waals surface area contributed by atoms with Crippen LogP contribution in [-0.2, 0) is 27.8 Å². The molecule has 1 heterocycles. The van der Waals surface area contributed by atoms with Crippen LogP contribution in [0.3, 0.4) is 0 Å². The number of sulfonamides is 1. The van der Waals surface area contributed by atoms with Gasteiger partial charge in [-0.3, -0.25) is 4.79 Å². The first kappa shape index (κ1) is 22.8. The van der Waals surface area contributed by atoms with Crippen molar-refractivity contribution < 1.29 is 22.7 Å². The summed E-state index contributed by atoms with van der Waals surface area (Å²) in [5, 5.41) is 2.89. The molecule has 1 atom stereocenters. The standard InChI is InChI=1S/C25H26N2O5S/c1-17-7-6-10-20(13-17)26-25(28)22-14-18-8-4-5-9-19(18)16-27(22)33(29,30)21-11-12-23(31-2)24(15-21)32-3/h4-13,15,22H,14,16H2,1-3H3,(H,26,28)/t22-/m0/s1. The summed E-state index contributed by atoms with van der Waals surface area (Å²) >= 11 is 0. The van der Waals surface area contributed by atoms with Crippen molar-refractivity contribution in [3.63, 3.8) is 0 Å². The Bertz CT molecular complexity index is 1290. The number of hydrogen-bond donors (Lipinski definition) is 1. The molecule has 0 fully saturated rings. The summed E-state index contributed by atoms with van der Waals surface area (Å²) in [4.78, 5) is 13.4. The lowest BCUT2D eigenvalue weighted by atomic mass is 9.95. The Morgan fingerprint density at radius 3 is 2.36 bits per heavy atom. The van der Waals surface area contributed by atoms with Gasteiger partial charge in [0.25, 0.3) is 0 Å². The number of amides is 1. The molecule has 1 aliphatic heterocycles. The zero-order chi connectivity index (χ0) is 23.6. The highest BCUT2D eigenvalue weighted by Crippen LogP contribution is 2.34. The second-order valence-electron chi connectivity index (χ2n) is 7.91. The lowest BCUT2D eigenvalue weighted by molar-refractivity contribution is -0.120. The Kier molecular flexibility index (Phi) is 6.40. The second-order valence-corrected chi connectivity index (χ2v) is 9.80. The Morgan fingerprint density at radius 1 is 0.939 bits per heavy atom. The molecule has 33 heavy (non-hydrogen) atoms. The van der Waals surface area contributed by atoms with E-state index in [1.807, 2.05) is 49.4 Å². The fraction of sp³-hybridized carbons (Fsp3) is 0.240. The summed E-state index contributed by atoms with van der Waals surface area (Å²) in [6, 6.07) is 18.5. The van der Waals surface area contributed by atoms with Crippen LogP contribution in [0.1, 0.15) is 16.7 Å². The van der Waals surface area contributed by atoms with E-state index in [0.717, 1.165) is 16.7 Å². The van der Waals surface area contributed by atoms with Crippen LogP contribution < -0.4 is 14.8 Å². The van der Waals surface area contributed by atoms with Crippen LogP contribution >= 0.6 is 0 Å². The number of anilines is 1. The van der Waals surface area contributed by atoms with Gasteiger partial charge in [0.1, 0.15) is 6.04 Å². The van der Waals surface area contributed by atoms with E-state index in [1.165, 1.54) is 30.7 Å². The monoisotopic (exact) mass is 466 g/mol. The molecule has 0 spiro atoms. The van der Waals surface area contributed by atoms with Crippen LogP contribution in [0.4, 0.5) is 5.69 Å². The molecule has 0 radical (unpaired) electrons. The minimum atomic E-state index is -4.02. The first-order chi connectivity index (χ1) is 15.8. The van der Waals surface area contributed by atoms with E-state index in [4.69, 9.17) is 9.47 Å². The molecule has 1 aliphatic rings. The maximum absolute atomic E-state index is 13.7. The highest BCUT2D eigenvalue weighted by Gasteiger charge is 2.40. The molecule has 3 aromatic rings. The first-order valence-electron chi connectivity index (χ1n) is 10.5. The number of rotatable bonds is 6. The maximum atomic E-state index is 13.7. The third-order valence-corrected chi connectivity index (χ3v) is 7.61. The zero-order valence-corrected chi connectivity index (χ0v) is 19.6. The van der Waals surface area contributed by atoms with E-state index in [0.29, 0.717) is 17.2 Å². The third kappa shape index (κ3) is 4.58. The molecule has 7 nitrogen and oxygen atoms in total. The lowest BCUT2D eigenvalue weighted by Gasteiger charge is -2.35. The molecule has 3 aromatic carbocycles. The Labute approximate surface area is 194 Å². The number of aryl methyl sites for hydroxylation is 1. The van der Waals surface area contributed by atoms with E-state index in [2.05, 4.69) is 5.32 Å². The van der Waals surface area contributed by atoms with Gasteiger partial charge < -0.3 is 14.8 Å². The number of fused-ring (bicyclic) bond motifs is 1. The fourth-order valence-electron chi connectivity index (χ4n) is 4.04. The van der Waals surface area contributed by atoms with Crippen LogP contribution in [-0.4, -0.2) is 38.9 Å².